The zero-order valence-electron chi connectivity index (χ0n) is 16.1. The van der Waals surface area contributed by atoms with Crippen LogP contribution < -0.4 is 5.32 Å². The topological polar surface area (TPSA) is 96.0 Å². The third-order valence-electron chi connectivity index (χ3n) is 5.25. The van der Waals surface area contributed by atoms with E-state index in [4.69, 9.17) is 4.74 Å². The molecule has 2 heterocycles. The van der Waals surface area contributed by atoms with Crippen LogP contribution in [0.1, 0.15) is 35.7 Å². The molecule has 0 aromatic heterocycles. The van der Waals surface area contributed by atoms with Gasteiger partial charge in [0.15, 0.2) is 6.10 Å². The van der Waals surface area contributed by atoms with Crippen molar-refractivity contribution in [2.75, 3.05) is 26.2 Å². The minimum atomic E-state index is -1.01. The number of piperidine rings is 1. The Balaban J connectivity index is 1.51. The molecule has 0 saturated carbocycles. The number of nitrogens with zero attached hydrogens (tertiary/aromatic N) is 2. The van der Waals surface area contributed by atoms with Gasteiger partial charge >= 0.3 is 12.0 Å². The third kappa shape index (κ3) is 4.16. The van der Waals surface area contributed by atoms with Gasteiger partial charge in [-0.25, -0.2) is 4.79 Å². The van der Waals surface area contributed by atoms with E-state index in [2.05, 4.69) is 5.32 Å². The first-order chi connectivity index (χ1) is 13.4. The molecule has 0 unspecified atom stereocenters. The van der Waals surface area contributed by atoms with Gasteiger partial charge < -0.3 is 15.0 Å². The number of rotatable bonds is 4. The Labute approximate surface area is 163 Å². The minimum Gasteiger partial charge on any atom is -0.452 e. The Hall–Kier alpha value is -2.90. The highest BCUT2D eigenvalue weighted by Crippen LogP contribution is 2.22. The van der Waals surface area contributed by atoms with Gasteiger partial charge in [-0.2, -0.15) is 0 Å². The summed E-state index contributed by atoms with van der Waals surface area (Å²) in [4.78, 5) is 51.7. The average molecular weight is 387 g/mol. The molecule has 0 radical (unpaired) electrons. The van der Waals surface area contributed by atoms with Crippen LogP contribution in [0.3, 0.4) is 0 Å². The van der Waals surface area contributed by atoms with Crippen LogP contribution in [0.25, 0.3) is 0 Å². The number of likely N-dealkylation sites (tertiary alicyclic amines) is 1. The van der Waals surface area contributed by atoms with Gasteiger partial charge in [-0.15, -0.1) is 0 Å². The fourth-order valence-corrected chi connectivity index (χ4v) is 3.52. The van der Waals surface area contributed by atoms with Crippen LogP contribution >= 0.6 is 0 Å². The van der Waals surface area contributed by atoms with Crippen molar-refractivity contribution >= 4 is 23.8 Å². The summed E-state index contributed by atoms with van der Waals surface area (Å²) in [5.74, 6) is -1.36. The monoisotopic (exact) mass is 387 g/mol. The molecule has 0 spiro atoms. The predicted molar refractivity (Wildman–Crippen MR) is 100 cm³/mol. The summed E-state index contributed by atoms with van der Waals surface area (Å²) < 4.78 is 5.30. The molecule has 1 aromatic carbocycles. The molecule has 28 heavy (non-hydrogen) atoms. The van der Waals surface area contributed by atoms with Crippen LogP contribution in [-0.2, 0) is 14.3 Å². The van der Waals surface area contributed by atoms with Crippen LogP contribution in [0.4, 0.5) is 4.79 Å². The maximum absolute atomic E-state index is 12.7. The van der Waals surface area contributed by atoms with Gasteiger partial charge in [-0.3, -0.25) is 19.3 Å². The van der Waals surface area contributed by atoms with Crippen LogP contribution in [-0.4, -0.2) is 65.9 Å². The maximum Gasteiger partial charge on any atom is 0.324 e. The molecule has 1 atom stereocenters. The van der Waals surface area contributed by atoms with E-state index in [0.717, 1.165) is 10.5 Å². The van der Waals surface area contributed by atoms with Crippen LogP contribution in [0.5, 0.6) is 0 Å². The van der Waals surface area contributed by atoms with Gasteiger partial charge in [-0.05, 0) is 38.3 Å². The van der Waals surface area contributed by atoms with Crippen molar-refractivity contribution in [1.29, 1.82) is 0 Å². The summed E-state index contributed by atoms with van der Waals surface area (Å²) in [6.07, 6.45) is -0.0358. The highest BCUT2D eigenvalue weighted by molar-refractivity contribution is 5.98. The SMILES string of the molecule is Cc1ccccc1C(=O)N1CCC(C(=O)O[C@H](C)C(=O)N2CCNC2=O)CC1. The largest absolute Gasteiger partial charge is 0.452 e. The Morgan fingerprint density at radius 2 is 1.82 bits per heavy atom. The van der Waals surface area contributed by atoms with Crippen molar-refractivity contribution in [3.05, 3.63) is 35.4 Å². The smallest absolute Gasteiger partial charge is 0.324 e. The lowest BCUT2D eigenvalue weighted by molar-refractivity contribution is -0.162. The predicted octanol–water partition coefficient (Wildman–Crippen LogP) is 1.33. The second-order valence-corrected chi connectivity index (χ2v) is 7.18. The van der Waals surface area contributed by atoms with Gasteiger partial charge in [0.1, 0.15) is 0 Å². The lowest BCUT2D eigenvalue weighted by Gasteiger charge is -2.32. The summed E-state index contributed by atoms with van der Waals surface area (Å²) in [6, 6.07) is 6.97. The number of aryl methyl sites for hydroxylation is 1. The average Bonchev–Trinajstić information content (AvgIpc) is 3.13. The van der Waals surface area contributed by atoms with Crippen molar-refractivity contribution in [2.24, 2.45) is 5.92 Å². The minimum absolute atomic E-state index is 0.0338. The summed E-state index contributed by atoms with van der Waals surface area (Å²) >= 11 is 0. The first kappa shape index (κ1) is 19.9. The molecular weight excluding hydrogens is 362 g/mol. The standard InChI is InChI=1S/C20H25N3O5/c1-13-5-3-4-6-16(13)18(25)22-10-7-15(8-11-22)19(26)28-14(2)17(24)23-12-9-21-20(23)27/h3-6,14-15H,7-12H2,1-2H3,(H,21,27)/t14-/m1/s1. The normalized spacial score (nSPS) is 18.6. The van der Waals surface area contributed by atoms with Gasteiger partial charge in [0.2, 0.25) is 0 Å². The Morgan fingerprint density at radius 3 is 2.43 bits per heavy atom. The Kier molecular flexibility index (Phi) is 5.96. The van der Waals surface area contributed by atoms with Crippen molar-refractivity contribution < 1.29 is 23.9 Å². The van der Waals surface area contributed by atoms with Gasteiger partial charge in [-0.1, -0.05) is 18.2 Å². The van der Waals surface area contributed by atoms with E-state index in [1.165, 1.54) is 6.92 Å². The zero-order valence-corrected chi connectivity index (χ0v) is 16.1. The molecule has 1 N–H and O–H groups in total. The maximum atomic E-state index is 12.7. The number of hydrogen-bond acceptors (Lipinski definition) is 5. The molecule has 2 aliphatic rings. The highest BCUT2D eigenvalue weighted by Gasteiger charge is 2.34. The number of carbonyl (C=O) groups excluding carboxylic acids is 4. The van der Waals surface area contributed by atoms with Crippen LogP contribution in [0, 0.1) is 12.8 Å². The fourth-order valence-electron chi connectivity index (χ4n) is 3.52. The lowest BCUT2D eigenvalue weighted by atomic mass is 9.96. The van der Waals surface area contributed by atoms with E-state index in [9.17, 15) is 19.2 Å². The Bertz CT molecular complexity index is 786. The summed E-state index contributed by atoms with van der Waals surface area (Å²) in [5, 5.41) is 2.54. The quantitative estimate of drug-likeness (QED) is 0.787. The first-order valence-electron chi connectivity index (χ1n) is 9.53. The van der Waals surface area contributed by atoms with Crippen molar-refractivity contribution in [3.63, 3.8) is 0 Å². The van der Waals surface area contributed by atoms with E-state index in [1.54, 1.807) is 11.0 Å². The number of amides is 4. The van der Waals surface area contributed by atoms with E-state index in [1.807, 2.05) is 25.1 Å². The molecule has 0 aliphatic carbocycles. The van der Waals surface area contributed by atoms with E-state index in [0.29, 0.717) is 38.0 Å². The zero-order chi connectivity index (χ0) is 20.3. The van der Waals surface area contributed by atoms with E-state index >= 15 is 0 Å². The first-order valence-corrected chi connectivity index (χ1v) is 9.53. The lowest BCUT2D eigenvalue weighted by Crippen LogP contribution is -2.44. The van der Waals surface area contributed by atoms with Gasteiger partial charge in [0.05, 0.1) is 5.92 Å². The van der Waals surface area contributed by atoms with E-state index < -0.39 is 24.0 Å². The summed E-state index contributed by atoms with van der Waals surface area (Å²) in [6.45, 7) is 4.98. The summed E-state index contributed by atoms with van der Waals surface area (Å²) in [5.41, 5.74) is 1.60. The molecule has 8 heteroatoms. The van der Waals surface area contributed by atoms with Crippen molar-refractivity contribution in [2.45, 2.75) is 32.8 Å². The third-order valence-corrected chi connectivity index (χ3v) is 5.25. The molecule has 1 aromatic rings. The molecular formula is C20H25N3O5. The van der Waals surface area contributed by atoms with Crippen LogP contribution in [0.15, 0.2) is 24.3 Å². The number of nitrogens with one attached hydrogen (secondary N) is 1. The molecule has 2 aliphatic heterocycles. The number of hydrogen-bond donors (Lipinski definition) is 1. The second kappa shape index (κ2) is 8.41. The molecule has 0 bridgehead atoms. The number of esters is 1. The highest BCUT2D eigenvalue weighted by atomic mass is 16.5. The molecule has 2 saturated heterocycles. The molecule has 2 fully saturated rings. The number of ether oxygens (including phenoxy) is 1. The number of urea groups is 1. The van der Waals surface area contributed by atoms with E-state index in [-0.39, 0.29) is 18.4 Å². The summed E-state index contributed by atoms with van der Waals surface area (Å²) in [7, 11) is 0. The van der Waals surface area contributed by atoms with Crippen molar-refractivity contribution in [3.8, 4) is 0 Å². The second-order valence-electron chi connectivity index (χ2n) is 7.18. The number of carbonyl (C=O) groups is 4. The molecule has 3 rings (SSSR count). The van der Waals surface area contributed by atoms with Gasteiger partial charge in [0.25, 0.3) is 11.8 Å². The fraction of sp³-hybridized carbons (Fsp3) is 0.500. The Morgan fingerprint density at radius 1 is 1.14 bits per heavy atom. The molecule has 4 amide bonds. The van der Waals surface area contributed by atoms with Gasteiger partial charge in [0, 0.05) is 31.7 Å². The van der Waals surface area contributed by atoms with Crippen LogP contribution in [0.2, 0.25) is 0 Å². The number of benzene rings is 1. The van der Waals surface area contributed by atoms with Crippen molar-refractivity contribution in [1.82, 2.24) is 15.1 Å². The number of imide groups is 1. The molecule has 8 nitrogen and oxygen atoms in total. The molecule has 150 valence electrons.